The molecule has 3 N–H and O–H groups in total. The second-order valence-corrected chi connectivity index (χ2v) is 6.99. The van der Waals surface area contributed by atoms with Crippen molar-refractivity contribution in [2.24, 2.45) is 0 Å². The molecule has 0 spiro atoms. The zero-order valence-corrected chi connectivity index (χ0v) is 14.5. The standard InChI is InChI=1S/C16H13N5O2S2/c22-15(23)12-5-8(7-25-12)11-6-17-10-3-4-13(20-14(10)19-11)21-16(24)18-9-1-2-9/h3-7,9H,1-2H2,(H,22,23)(H2,18,19,20,21,24). The highest BCUT2D eigenvalue weighted by molar-refractivity contribution is 7.80. The van der Waals surface area contributed by atoms with Crippen LogP contribution < -0.4 is 10.6 Å². The van der Waals surface area contributed by atoms with Crippen molar-refractivity contribution in [3.8, 4) is 11.3 Å². The van der Waals surface area contributed by atoms with Gasteiger partial charge in [0.05, 0.1) is 11.9 Å². The average Bonchev–Trinajstić information content (AvgIpc) is 3.25. The normalized spacial score (nSPS) is 13.6. The molecule has 0 aliphatic heterocycles. The van der Waals surface area contributed by atoms with Crippen LogP contribution in [-0.2, 0) is 0 Å². The first-order chi connectivity index (χ1) is 12.1. The number of hydrogen-bond acceptors (Lipinski definition) is 6. The second kappa shape index (κ2) is 6.34. The number of rotatable bonds is 4. The summed E-state index contributed by atoms with van der Waals surface area (Å²) in [6, 6.07) is 5.66. The maximum absolute atomic E-state index is 11.0. The van der Waals surface area contributed by atoms with E-state index in [9.17, 15) is 4.79 Å². The quantitative estimate of drug-likeness (QED) is 0.602. The lowest BCUT2D eigenvalue weighted by atomic mass is 10.2. The van der Waals surface area contributed by atoms with Crippen molar-refractivity contribution in [2.75, 3.05) is 5.32 Å². The molecule has 7 nitrogen and oxygen atoms in total. The van der Waals surface area contributed by atoms with Crippen LogP contribution in [0.2, 0.25) is 0 Å². The van der Waals surface area contributed by atoms with Gasteiger partial charge in [-0.1, -0.05) is 0 Å². The van der Waals surface area contributed by atoms with Crippen LogP contribution in [-0.4, -0.2) is 37.2 Å². The first kappa shape index (κ1) is 15.9. The van der Waals surface area contributed by atoms with E-state index in [-0.39, 0.29) is 4.88 Å². The maximum atomic E-state index is 11.0. The lowest BCUT2D eigenvalue weighted by molar-refractivity contribution is 0.0702. The molecular weight excluding hydrogens is 358 g/mol. The number of hydrogen-bond donors (Lipinski definition) is 3. The van der Waals surface area contributed by atoms with E-state index in [1.54, 1.807) is 23.7 Å². The van der Waals surface area contributed by atoms with Crippen LogP contribution >= 0.6 is 23.6 Å². The number of thiocarbonyl (C=S) groups is 1. The summed E-state index contributed by atoms with van der Waals surface area (Å²) in [5.74, 6) is -0.361. The Morgan fingerprint density at radius 3 is 2.88 bits per heavy atom. The molecule has 0 amide bonds. The van der Waals surface area contributed by atoms with Crippen LogP contribution in [0, 0.1) is 0 Å². The number of nitrogens with zero attached hydrogens (tertiary/aromatic N) is 3. The van der Waals surface area contributed by atoms with Gasteiger partial charge in [-0.3, -0.25) is 4.98 Å². The predicted molar refractivity (Wildman–Crippen MR) is 100.0 cm³/mol. The van der Waals surface area contributed by atoms with Gasteiger partial charge in [0, 0.05) is 17.0 Å². The minimum absolute atomic E-state index is 0.261. The highest BCUT2D eigenvalue weighted by atomic mass is 32.1. The van der Waals surface area contributed by atoms with Gasteiger partial charge in [-0.2, -0.15) is 0 Å². The number of thiophene rings is 1. The molecule has 3 aromatic heterocycles. The topological polar surface area (TPSA) is 100 Å². The fourth-order valence-corrected chi connectivity index (χ4v) is 3.26. The Hall–Kier alpha value is -2.65. The molecule has 1 aliphatic carbocycles. The molecule has 25 heavy (non-hydrogen) atoms. The number of pyridine rings is 1. The highest BCUT2D eigenvalue weighted by Gasteiger charge is 2.21. The number of carboxylic acid groups (broad SMARTS) is 1. The molecule has 0 unspecified atom stereocenters. The number of anilines is 1. The van der Waals surface area contributed by atoms with Crippen molar-refractivity contribution in [1.29, 1.82) is 0 Å². The molecule has 0 atom stereocenters. The number of nitrogens with one attached hydrogen (secondary N) is 2. The molecule has 1 aliphatic rings. The van der Waals surface area contributed by atoms with Crippen LogP contribution in [0.4, 0.5) is 5.82 Å². The average molecular weight is 371 g/mol. The van der Waals surface area contributed by atoms with E-state index in [0.29, 0.717) is 39.4 Å². The molecule has 3 aromatic rings. The van der Waals surface area contributed by atoms with Crippen LogP contribution in [0.25, 0.3) is 22.4 Å². The van der Waals surface area contributed by atoms with E-state index >= 15 is 0 Å². The number of carboxylic acids is 1. The fourth-order valence-electron chi connectivity index (χ4n) is 2.25. The molecular formula is C16H13N5O2S2. The first-order valence-electron chi connectivity index (χ1n) is 7.62. The summed E-state index contributed by atoms with van der Waals surface area (Å²) >= 11 is 6.41. The van der Waals surface area contributed by atoms with Crippen molar-refractivity contribution in [3.05, 3.63) is 34.7 Å². The number of aromatic carboxylic acids is 1. The van der Waals surface area contributed by atoms with E-state index in [2.05, 4.69) is 25.6 Å². The molecule has 126 valence electrons. The summed E-state index contributed by atoms with van der Waals surface area (Å²) < 4.78 is 0. The third-order valence-corrected chi connectivity index (χ3v) is 4.81. The van der Waals surface area contributed by atoms with E-state index in [4.69, 9.17) is 17.3 Å². The second-order valence-electron chi connectivity index (χ2n) is 5.67. The van der Waals surface area contributed by atoms with Crippen LogP contribution in [0.3, 0.4) is 0 Å². The van der Waals surface area contributed by atoms with Gasteiger partial charge in [0.15, 0.2) is 10.8 Å². The van der Waals surface area contributed by atoms with E-state index in [0.717, 1.165) is 24.2 Å². The molecule has 4 rings (SSSR count). The number of fused-ring (bicyclic) bond motifs is 1. The summed E-state index contributed by atoms with van der Waals surface area (Å²) in [6.45, 7) is 0. The predicted octanol–water partition coefficient (Wildman–Crippen LogP) is 2.90. The molecule has 1 saturated carbocycles. The Bertz CT molecular complexity index is 984. The molecule has 1 fully saturated rings. The van der Waals surface area contributed by atoms with Crippen molar-refractivity contribution >= 4 is 51.6 Å². The number of aromatic nitrogens is 3. The van der Waals surface area contributed by atoms with Gasteiger partial charge in [0.1, 0.15) is 16.2 Å². The third-order valence-electron chi connectivity index (χ3n) is 3.67. The Balaban J connectivity index is 1.61. The van der Waals surface area contributed by atoms with Gasteiger partial charge in [-0.25, -0.2) is 14.8 Å². The minimum atomic E-state index is -0.953. The Morgan fingerprint density at radius 2 is 2.16 bits per heavy atom. The molecule has 0 aromatic carbocycles. The lowest BCUT2D eigenvalue weighted by Gasteiger charge is -2.09. The van der Waals surface area contributed by atoms with Gasteiger partial charge in [0.2, 0.25) is 0 Å². The van der Waals surface area contributed by atoms with E-state index in [1.165, 1.54) is 0 Å². The molecule has 9 heteroatoms. The molecule has 0 saturated heterocycles. The van der Waals surface area contributed by atoms with Crippen molar-refractivity contribution in [2.45, 2.75) is 18.9 Å². The minimum Gasteiger partial charge on any atom is -0.477 e. The summed E-state index contributed by atoms with van der Waals surface area (Å²) in [5, 5.41) is 17.6. The summed E-state index contributed by atoms with van der Waals surface area (Å²) in [4.78, 5) is 24.6. The van der Waals surface area contributed by atoms with Crippen LogP contribution in [0.1, 0.15) is 22.5 Å². The highest BCUT2D eigenvalue weighted by Crippen LogP contribution is 2.25. The monoisotopic (exact) mass is 371 g/mol. The molecule has 0 bridgehead atoms. The summed E-state index contributed by atoms with van der Waals surface area (Å²) in [6.07, 6.45) is 3.89. The SMILES string of the molecule is O=C(O)c1cc(-c2cnc3ccc(NC(=S)NC4CC4)nc3n2)cs1. The van der Waals surface area contributed by atoms with E-state index in [1.807, 2.05) is 6.07 Å². The Kier molecular flexibility index (Phi) is 4.02. The Morgan fingerprint density at radius 1 is 1.32 bits per heavy atom. The Labute approximate surface area is 152 Å². The van der Waals surface area contributed by atoms with E-state index < -0.39 is 5.97 Å². The van der Waals surface area contributed by atoms with Crippen molar-refractivity contribution in [1.82, 2.24) is 20.3 Å². The molecule has 3 heterocycles. The first-order valence-corrected chi connectivity index (χ1v) is 8.91. The smallest absolute Gasteiger partial charge is 0.345 e. The zero-order chi connectivity index (χ0) is 17.4. The molecule has 0 radical (unpaired) electrons. The van der Waals surface area contributed by atoms with Gasteiger partial charge in [-0.05, 0) is 43.3 Å². The zero-order valence-electron chi connectivity index (χ0n) is 12.9. The summed E-state index contributed by atoms with van der Waals surface area (Å²) in [5.41, 5.74) is 2.42. The van der Waals surface area contributed by atoms with Gasteiger partial charge in [0.25, 0.3) is 0 Å². The number of carbonyl (C=O) groups is 1. The van der Waals surface area contributed by atoms with Gasteiger partial charge in [-0.15, -0.1) is 11.3 Å². The largest absolute Gasteiger partial charge is 0.477 e. The summed E-state index contributed by atoms with van der Waals surface area (Å²) in [7, 11) is 0. The van der Waals surface area contributed by atoms with Gasteiger partial charge < -0.3 is 15.7 Å². The van der Waals surface area contributed by atoms with Crippen molar-refractivity contribution < 1.29 is 9.90 Å². The lowest BCUT2D eigenvalue weighted by Crippen LogP contribution is -2.30. The van der Waals surface area contributed by atoms with Crippen LogP contribution in [0.15, 0.2) is 29.8 Å². The third kappa shape index (κ3) is 3.57. The van der Waals surface area contributed by atoms with Gasteiger partial charge >= 0.3 is 5.97 Å². The van der Waals surface area contributed by atoms with Crippen molar-refractivity contribution in [3.63, 3.8) is 0 Å². The maximum Gasteiger partial charge on any atom is 0.345 e. The fraction of sp³-hybridized carbons (Fsp3) is 0.188. The van der Waals surface area contributed by atoms with Crippen LogP contribution in [0.5, 0.6) is 0 Å².